The van der Waals surface area contributed by atoms with Gasteiger partial charge >= 0.3 is 0 Å². The van der Waals surface area contributed by atoms with Gasteiger partial charge in [0.25, 0.3) is 0 Å². The lowest BCUT2D eigenvalue weighted by molar-refractivity contribution is 0.630. The van der Waals surface area contributed by atoms with E-state index in [9.17, 15) is 4.39 Å². The molecular formula is C12H14FN3. The predicted molar refractivity (Wildman–Crippen MR) is 62.5 cm³/mol. The van der Waals surface area contributed by atoms with Crippen molar-refractivity contribution < 1.29 is 4.39 Å². The zero-order valence-corrected chi connectivity index (χ0v) is 9.58. The smallest absolute Gasteiger partial charge is 0.131 e. The highest BCUT2D eigenvalue weighted by Crippen LogP contribution is 2.28. The first-order valence-electron chi connectivity index (χ1n) is 5.05. The SMILES string of the molecule is Cc1cc(F)c(-c2cn(C)nc2C)cc1N. The summed E-state index contributed by atoms with van der Waals surface area (Å²) in [6.07, 6.45) is 1.79. The zero-order valence-electron chi connectivity index (χ0n) is 9.58. The molecule has 0 saturated carbocycles. The first-order chi connectivity index (χ1) is 7.49. The standard InChI is InChI=1S/C12H14FN3/c1-7-4-11(13)9(5-12(7)14)10-6-16(3)15-8(10)2/h4-6H,14H2,1-3H3. The molecule has 0 atom stereocenters. The van der Waals surface area contributed by atoms with Crippen LogP contribution in [-0.4, -0.2) is 9.78 Å². The minimum atomic E-state index is -0.261. The van der Waals surface area contributed by atoms with Crippen molar-refractivity contribution in [3.8, 4) is 11.1 Å². The zero-order chi connectivity index (χ0) is 11.9. The molecule has 0 saturated heterocycles. The molecule has 3 nitrogen and oxygen atoms in total. The Bertz CT molecular complexity index is 543. The lowest BCUT2D eigenvalue weighted by atomic mass is 10.0. The monoisotopic (exact) mass is 219 g/mol. The molecule has 4 heteroatoms. The molecule has 1 aromatic carbocycles. The maximum atomic E-state index is 13.8. The summed E-state index contributed by atoms with van der Waals surface area (Å²) in [5, 5.41) is 4.19. The summed E-state index contributed by atoms with van der Waals surface area (Å²) in [4.78, 5) is 0. The molecule has 0 aliphatic carbocycles. The molecule has 0 radical (unpaired) electrons. The fourth-order valence-corrected chi connectivity index (χ4v) is 1.76. The van der Waals surface area contributed by atoms with Crippen molar-refractivity contribution in [3.63, 3.8) is 0 Å². The van der Waals surface area contributed by atoms with E-state index in [1.807, 2.05) is 14.0 Å². The fourth-order valence-electron chi connectivity index (χ4n) is 1.76. The fraction of sp³-hybridized carbons (Fsp3) is 0.250. The summed E-state index contributed by atoms with van der Waals surface area (Å²) in [5.41, 5.74) is 9.23. The Morgan fingerprint density at radius 3 is 2.50 bits per heavy atom. The van der Waals surface area contributed by atoms with Crippen LogP contribution in [0.25, 0.3) is 11.1 Å². The molecule has 0 bridgehead atoms. The van der Waals surface area contributed by atoms with Gasteiger partial charge in [-0.3, -0.25) is 4.68 Å². The molecule has 0 spiro atoms. The minimum Gasteiger partial charge on any atom is -0.398 e. The summed E-state index contributed by atoms with van der Waals surface area (Å²) in [6, 6.07) is 3.12. The van der Waals surface area contributed by atoms with E-state index in [4.69, 9.17) is 5.73 Å². The van der Waals surface area contributed by atoms with Crippen LogP contribution in [0.4, 0.5) is 10.1 Å². The molecule has 0 unspecified atom stereocenters. The molecule has 2 N–H and O–H groups in total. The van der Waals surface area contributed by atoms with Crippen molar-refractivity contribution in [3.05, 3.63) is 35.4 Å². The van der Waals surface area contributed by atoms with Gasteiger partial charge in [-0.25, -0.2) is 4.39 Å². The molecule has 0 fully saturated rings. The van der Waals surface area contributed by atoms with Crippen LogP contribution in [0.2, 0.25) is 0 Å². The van der Waals surface area contributed by atoms with Gasteiger partial charge in [0.05, 0.1) is 5.69 Å². The second-order valence-electron chi connectivity index (χ2n) is 3.99. The third kappa shape index (κ3) is 1.66. The Hall–Kier alpha value is -1.84. The van der Waals surface area contributed by atoms with Gasteiger partial charge in [0.2, 0.25) is 0 Å². The molecule has 2 rings (SSSR count). The number of anilines is 1. The van der Waals surface area contributed by atoms with Crippen molar-refractivity contribution >= 4 is 5.69 Å². The molecule has 16 heavy (non-hydrogen) atoms. The van der Waals surface area contributed by atoms with E-state index in [0.717, 1.165) is 16.8 Å². The van der Waals surface area contributed by atoms with Crippen LogP contribution < -0.4 is 5.73 Å². The summed E-state index contributed by atoms with van der Waals surface area (Å²) in [5.74, 6) is -0.261. The molecular weight excluding hydrogens is 205 g/mol. The highest BCUT2D eigenvalue weighted by Gasteiger charge is 2.12. The van der Waals surface area contributed by atoms with Crippen LogP contribution in [0.5, 0.6) is 0 Å². The largest absolute Gasteiger partial charge is 0.398 e. The quantitative estimate of drug-likeness (QED) is 0.748. The Morgan fingerprint density at radius 2 is 1.94 bits per heavy atom. The first kappa shape index (κ1) is 10.7. The lowest BCUT2D eigenvalue weighted by Crippen LogP contribution is -1.94. The van der Waals surface area contributed by atoms with Crippen molar-refractivity contribution in [1.82, 2.24) is 9.78 Å². The van der Waals surface area contributed by atoms with Gasteiger partial charge in [-0.1, -0.05) is 0 Å². The Kier molecular flexibility index (Phi) is 2.42. The number of hydrogen-bond donors (Lipinski definition) is 1. The summed E-state index contributed by atoms with van der Waals surface area (Å²) < 4.78 is 15.5. The van der Waals surface area contributed by atoms with Gasteiger partial charge in [0.1, 0.15) is 5.82 Å². The third-order valence-corrected chi connectivity index (χ3v) is 2.66. The number of aryl methyl sites for hydroxylation is 3. The van der Waals surface area contributed by atoms with E-state index in [0.29, 0.717) is 11.3 Å². The average Bonchev–Trinajstić information content (AvgIpc) is 2.51. The maximum Gasteiger partial charge on any atom is 0.131 e. The van der Waals surface area contributed by atoms with Crippen LogP contribution in [0, 0.1) is 19.7 Å². The average molecular weight is 219 g/mol. The topological polar surface area (TPSA) is 43.8 Å². The summed E-state index contributed by atoms with van der Waals surface area (Å²) >= 11 is 0. The van der Waals surface area contributed by atoms with E-state index in [2.05, 4.69) is 5.10 Å². The number of aromatic nitrogens is 2. The lowest BCUT2D eigenvalue weighted by Gasteiger charge is -2.06. The van der Waals surface area contributed by atoms with E-state index >= 15 is 0 Å². The molecule has 0 amide bonds. The van der Waals surface area contributed by atoms with Crippen LogP contribution in [0.1, 0.15) is 11.3 Å². The highest BCUT2D eigenvalue weighted by molar-refractivity contribution is 5.70. The predicted octanol–water partition coefficient (Wildman–Crippen LogP) is 2.43. The van der Waals surface area contributed by atoms with Crippen LogP contribution in [0.15, 0.2) is 18.3 Å². The first-order valence-corrected chi connectivity index (χ1v) is 5.05. The van der Waals surface area contributed by atoms with Gasteiger partial charge in [-0.15, -0.1) is 0 Å². The van der Waals surface area contributed by atoms with E-state index in [1.54, 1.807) is 23.9 Å². The Balaban J connectivity index is 2.64. The van der Waals surface area contributed by atoms with E-state index < -0.39 is 0 Å². The number of nitrogens with two attached hydrogens (primary N) is 1. The van der Waals surface area contributed by atoms with E-state index in [1.165, 1.54) is 6.07 Å². The van der Waals surface area contributed by atoms with Crippen LogP contribution >= 0.6 is 0 Å². The van der Waals surface area contributed by atoms with Gasteiger partial charge in [-0.05, 0) is 31.5 Å². The number of halogens is 1. The second-order valence-corrected chi connectivity index (χ2v) is 3.99. The van der Waals surface area contributed by atoms with Crippen molar-refractivity contribution in [1.29, 1.82) is 0 Å². The van der Waals surface area contributed by atoms with Gasteiger partial charge in [0, 0.05) is 30.1 Å². The molecule has 84 valence electrons. The van der Waals surface area contributed by atoms with Gasteiger partial charge < -0.3 is 5.73 Å². The van der Waals surface area contributed by atoms with Crippen molar-refractivity contribution in [2.24, 2.45) is 7.05 Å². The molecule has 0 aliphatic heterocycles. The number of nitrogens with zero attached hydrogens (tertiary/aromatic N) is 2. The molecule has 2 aromatic rings. The second kappa shape index (κ2) is 3.63. The van der Waals surface area contributed by atoms with Crippen LogP contribution in [-0.2, 0) is 7.05 Å². The normalized spacial score (nSPS) is 10.8. The maximum absolute atomic E-state index is 13.8. The highest BCUT2D eigenvalue weighted by atomic mass is 19.1. The van der Waals surface area contributed by atoms with Gasteiger partial charge in [-0.2, -0.15) is 5.10 Å². The van der Waals surface area contributed by atoms with E-state index in [-0.39, 0.29) is 5.82 Å². The number of nitrogen functional groups attached to an aromatic ring is 1. The van der Waals surface area contributed by atoms with Crippen LogP contribution in [0.3, 0.4) is 0 Å². The number of rotatable bonds is 1. The van der Waals surface area contributed by atoms with Gasteiger partial charge in [0.15, 0.2) is 0 Å². The Morgan fingerprint density at radius 1 is 1.25 bits per heavy atom. The molecule has 1 aromatic heterocycles. The molecule has 1 heterocycles. The third-order valence-electron chi connectivity index (χ3n) is 2.66. The Labute approximate surface area is 93.7 Å². The minimum absolute atomic E-state index is 0.261. The number of hydrogen-bond acceptors (Lipinski definition) is 2. The molecule has 0 aliphatic rings. The van der Waals surface area contributed by atoms with Crippen molar-refractivity contribution in [2.45, 2.75) is 13.8 Å². The summed E-state index contributed by atoms with van der Waals surface area (Å²) in [7, 11) is 1.81. The number of benzene rings is 1. The van der Waals surface area contributed by atoms with Crippen molar-refractivity contribution in [2.75, 3.05) is 5.73 Å². The summed E-state index contributed by atoms with van der Waals surface area (Å²) in [6.45, 7) is 3.64.